The molecule has 0 heterocycles. The smallest absolute Gasteiger partial charge is 0.244 e. The number of rotatable bonds is 10. The highest BCUT2D eigenvalue weighted by Gasteiger charge is 2.30. The number of benzene rings is 2. The molecule has 1 aliphatic rings. The van der Waals surface area contributed by atoms with Crippen LogP contribution in [0.5, 0.6) is 0 Å². The molecule has 1 saturated carbocycles. The van der Waals surface area contributed by atoms with Crippen molar-refractivity contribution < 1.29 is 18.0 Å². The number of amides is 2. The van der Waals surface area contributed by atoms with Crippen LogP contribution < -0.4 is 9.62 Å². The van der Waals surface area contributed by atoms with Gasteiger partial charge in [0.2, 0.25) is 21.8 Å². The number of carbonyl (C=O) groups excluding carboxylic acids is 2. The van der Waals surface area contributed by atoms with Crippen molar-refractivity contribution in [2.24, 2.45) is 0 Å². The van der Waals surface area contributed by atoms with Gasteiger partial charge in [0.05, 0.1) is 11.9 Å². The van der Waals surface area contributed by atoms with Crippen LogP contribution in [-0.2, 0) is 26.0 Å². The molecule has 1 fully saturated rings. The van der Waals surface area contributed by atoms with E-state index in [4.69, 9.17) is 0 Å². The second-order valence-electron chi connectivity index (χ2n) is 8.95. The first-order valence-corrected chi connectivity index (χ1v) is 13.8. The molecule has 8 heteroatoms. The fraction of sp³-hybridized carbons (Fsp3) is 0.462. The third-order valence-electron chi connectivity index (χ3n) is 6.33. The van der Waals surface area contributed by atoms with Crippen molar-refractivity contribution in [3.05, 3.63) is 66.2 Å². The molecule has 3 rings (SSSR count). The number of sulfonamides is 1. The fourth-order valence-corrected chi connectivity index (χ4v) is 5.20. The normalized spacial score (nSPS) is 15.4. The fourth-order valence-electron chi connectivity index (χ4n) is 4.35. The van der Waals surface area contributed by atoms with E-state index in [0.29, 0.717) is 18.7 Å². The summed E-state index contributed by atoms with van der Waals surface area (Å²) in [6.45, 7) is 1.67. The molecule has 2 amide bonds. The van der Waals surface area contributed by atoms with E-state index < -0.39 is 22.0 Å². The first-order valence-electron chi connectivity index (χ1n) is 11.9. The Hall–Kier alpha value is -2.87. The van der Waals surface area contributed by atoms with Crippen LogP contribution in [0.25, 0.3) is 0 Å². The van der Waals surface area contributed by atoms with Crippen LogP contribution in [-0.4, -0.2) is 56.6 Å². The van der Waals surface area contributed by atoms with E-state index in [1.165, 1.54) is 11.3 Å². The Bertz CT molecular complexity index is 1040. The Morgan fingerprint density at radius 2 is 1.56 bits per heavy atom. The van der Waals surface area contributed by atoms with Gasteiger partial charge in [0.15, 0.2) is 0 Å². The Balaban J connectivity index is 1.79. The molecule has 0 aliphatic heterocycles. The lowest BCUT2D eigenvalue weighted by atomic mass is 9.95. The number of nitrogens with zero attached hydrogens (tertiary/aromatic N) is 2. The highest BCUT2D eigenvalue weighted by molar-refractivity contribution is 7.92. The van der Waals surface area contributed by atoms with Gasteiger partial charge in [-0.15, -0.1) is 0 Å². The number of para-hydroxylation sites is 1. The predicted octanol–water partition coefficient (Wildman–Crippen LogP) is 3.36. The maximum atomic E-state index is 13.5. The highest BCUT2D eigenvalue weighted by Crippen LogP contribution is 2.19. The van der Waals surface area contributed by atoms with E-state index in [0.717, 1.165) is 41.8 Å². The van der Waals surface area contributed by atoms with Crippen LogP contribution in [0, 0.1) is 0 Å². The van der Waals surface area contributed by atoms with E-state index in [1.807, 2.05) is 30.3 Å². The average molecular weight is 486 g/mol. The summed E-state index contributed by atoms with van der Waals surface area (Å²) < 4.78 is 26.1. The number of anilines is 1. The summed E-state index contributed by atoms with van der Waals surface area (Å²) in [6, 6.07) is 17.7. The topological polar surface area (TPSA) is 86.8 Å². The van der Waals surface area contributed by atoms with Gasteiger partial charge < -0.3 is 10.2 Å². The summed E-state index contributed by atoms with van der Waals surface area (Å²) in [5.74, 6) is -0.601. The number of hydrogen-bond donors (Lipinski definition) is 1. The molecule has 34 heavy (non-hydrogen) atoms. The molecular formula is C26H35N3O4S. The van der Waals surface area contributed by atoms with Crippen molar-refractivity contribution in [1.29, 1.82) is 0 Å². The standard InChI is InChI=1S/C26H35N3O4S/c1-21(26(31)27-23-14-8-4-9-15-23)28(19-18-22-12-6-3-7-13-22)25(30)20-29(34(2,32)33)24-16-10-5-11-17-24/h3,5-7,10-13,16-17,21,23H,4,8-9,14-15,18-20H2,1-2H3,(H,27,31)/t21-/m1/s1. The molecule has 0 unspecified atom stereocenters. The zero-order valence-electron chi connectivity index (χ0n) is 20.0. The first kappa shape index (κ1) is 25.7. The van der Waals surface area contributed by atoms with E-state index in [1.54, 1.807) is 37.3 Å². The summed E-state index contributed by atoms with van der Waals surface area (Å²) in [5.41, 5.74) is 1.46. The van der Waals surface area contributed by atoms with Crippen molar-refractivity contribution in [2.75, 3.05) is 23.7 Å². The molecule has 2 aromatic rings. The Morgan fingerprint density at radius 1 is 0.971 bits per heavy atom. The van der Waals surface area contributed by atoms with E-state index >= 15 is 0 Å². The molecule has 0 bridgehead atoms. The molecule has 0 saturated heterocycles. The summed E-state index contributed by atoms with van der Waals surface area (Å²) in [6.07, 6.45) is 6.92. The molecule has 2 aromatic carbocycles. The van der Waals surface area contributed by atoms with Gasteiger partial charge in [0.25, 0.3) is 0 Å². The molecule has 1 aliphatic carbocycles. The third kappa shape index (κ3) is 7.32. The van der Waals surface area contributed by atoms with Crippen molar-refractivity contribution >= 4 is 27.5 Å². The monoisotopic (exact) mass is 485 g/mol. The summed E-state index contributed by atoms with van der Waals surface area (Å²) in [4.78, 5) is 28.1. The average Bonchev–Trinajstić information content (AvgIpc) is 2.83. The van der Waals surface area contributed by atoms with Crippen molar-refractivity contribution in [3.63, 3.8) is 0 Å². The Morgan fingerprint density at radius 3 is 2.15 bits per heavy atom. The second kappa shape index (κ2) is 12.0. The van der Waals surface area contributed by atoms with Gasteiger partial charge >= 0.3 is 0 Å². The van der Waals surface area contributed by atoms with Crippen LogP contribution >= 0.6 is 0 Å². The molecule has 1 atom stereocenters. The van der Waals surface area contributed by atoms with Gasteiger partial charge in [0.1, 0.15) is 12.6 Å². The molecule has 184 valence electrons. The predicted molar refractivity (Wildman–Crippen MR) is 135 cm³/mol. The van der Waals surface area contributed by atoms with Gasteiger partial charge in [0, 0.05) is 12.6 Å². The lowest BCUT2D eigenvalue weighted by Crippen LogP contribution is -2.53. The van der Waals surface area contributed by atoms with Crippen molar-refractivity contribution in [2.45, 2.75) is 57.5 Å². The molecule has 0 aromatic heterocycles. The molecule has 0 radical (unpaired) electrons. The van der Waals surface area contributed by atoms with Gasteiger partial charge in [-0.3, -0.25) is 13.9 Å². The Kier molecular flexibility index (Phi) is 9.10. The zero-order chi connectivity index (χ0) is 24.6. The minimum Gasteiger partial charge on any atom is -0.352 e. The van der Waals surface area contributed by atoms with Crippen LogP contribution in [0.4, 0.5) is 5.69 Å². The minimum atomic E-state index is -3.70. The Labute approximate surface area is 203 Å². The minimum absolute atomic E-state index is 0.131. The lowest BCUT2D eigenvalue weighted by molar-refractivity contribution is -0.139. The van der Waals surface area contributed by atoms with Crippen LogP contribution in [0.15, 0.2) is 60.7 Å². The van der Waals surface area contributed by atoms with Crippen molar-refractivity contribution in [1.82, 2.24) is 10.2 Å². The number of nitrogens with one attached hydrogen (secondary N) is 1. The van der Waals surface area contributed by atoms with Crippen LogP contribution in [0.3, 0.4) is 0 Å². The van der Waals surface area contributed by atoms with E-state index in [2.05, 4.69) is 5.32 Å². The van der Waals surface area contributed by atoms with Gasteiger partial charge in [-0.2, -0.15) is 0 Å². The largest absolute Gasteiger partial charge is 0.352 e. The molecule has 1 N–H and O–H groups in total. The lowest BCUT2D eigenvalue weighted by Gasteiger charge is -2.33. The maximum Gasteiger partial charge on any atom is 0.244 e. The highest BCUT2D eigenvalue weighted by atomic mass is 32.2. The van der Waals surface area contributed by atoms with Crippen LogP contribution in [0.1, 0.15) is 44.6 Å². The van der Waals surface area contributed by atoms with E-state index in [-0.39, 0.29) is 18.5 Å². The molecule has 7 nitrogen and oxygen atoms in total. The van der Waals surface area contributed by atoms with Crippen molar-refractivity contribution in [3.8, 4) is 0 Å². The molecule has 0 spiro atoms. The number of hydrogen-bond acceptors (Lipinski definition) is 4. The SMILES string of the molecule is C[C@H](C(=O)NC1CCCCC1)N(CCc1ccccc1)C(=O)CN(c1ccccc1)S(C)(=O)=O. The van der Waals surface area contributed by atoms with E-state index in [9.17, 15) is 18.0 Å². The van der Waals surface area contributed by atoms with Gasteiger partial charge in [-0.05, 0) is 43.9 Å². The zero-order valence-corrected chi connectivity index (χ0v) is 20.8. The maximum absolute atomic E-state index is 13.5. The summed E-state index contributed by atoms with van der Waals surface area (Å²) in [5, 5.41) is 3.10. The summed E-state index contributed by atoms with van der Waals surface area (Å²) in [7, 11) is -3.70. The first-order chi connectivity index (χ1) is 16.3. The summed E-state index contributed by atoms with van der Waals surface area (Å²) >= 11 is 0. The van der Waals surface area contributed by atoms with Crippen LogP contribution in [0.2, 0.25) is 0 Å². The van der Waals surface area contributed by atoms with Gasteiger partial charge in [-0.25, -0.2) is 8.42 Å². The number of carbonyl (C=O) groups is 2. The second-order valence-corrected chi connectivity index (χ2v) is 10.9. The quantitative estimate of drug-likeness (QED) is 0.559. The third-order valence-corrected chi connectivity index (χ3v) is 7.47. The van der Waals surface area contributed by atoms with Gasteiger partial charge in [-0.1, -0.05) is 67.8 Å². The molecular weight excluding hydrogens is 450 g/mol.